The van der Waals surface area contributed by atoms with E-state index in [-0.39, 0.29) is 5.91 Å². The van der Waals surface area contributed by atoms with Gasteiger partial charge in [0.15, 0.2) is 0 Å². The van der Waals surface area contributed by atoms with Crippen molar-refractivity contribution in [1.29, 1.82) is 0 Å². The molecule has 0 aliphatic carbocycles. The van der Waals surface area contributed by atoms with Crippen LogP contribution in [-0.4, -0.2) is 5.91 Å². The maximum atomic E-state index is 11.1. The summed E-state index contributed by atoms with van der Waals surface area (Å²) >= 11 is 24.4. The molecule has 3 N–H and O–H groups in total. The Kier molecular flexibility index (Phi) is 5.45. The Labute approximate surface area is 148 Å². The van der Waals surface area contributed by atoms with E-state index in [1.807, 2.05) is 0 Å². The van der Waals surface area contributed by atoms with Crippen molar-refractivity contribution in [2.75, 3.05) is 11.1 Å². The van der Waals surface area contributed by atoms with E-state index in [1.165, 1.54) is 6.92 Å². The average Bonchev–Trinajstić information content (AvgIpc) is 2.40. The van der Waals surface area contributed by atoms with Crippen LogP contribution < -0.4 is 11.1 Å². The zero-order chi connectivity index (χ0) is 16.4. The van der Waals surface area contributed by atoms with Gasteiger partial charge in [-0.1, -0.05) is 46.4 Å². The van der Waals surface area contributed by atoms with E-state index in [0.29, 0.717) is 37.9 Å². The van der Waals surface area contributed by atoms with Crippen molar-refractivity contribution in [3.63, 3.8) is 0 Å². The lowest BCUT2D eigenvalue weighted by molar-refractivity contribution is -0.114. The molecule has 0 bridgehead atoms. The van der Waals surface area contributed by atoms with Crippen LogP contribution in [0.2, 0.25) is 20.1 Å². The van der Waals surface area contributed by atoms with Crippen LogP contribution >= 0.6 is 46.4 Å². The maximum Gasteiger partial charge on any atom is 0.221 e. The van der Waals surface area contributed by atoms with Crippen LogP contribution in [0.1, 0.15) is 18.1 Å². The molecule has 0 radical (unpaired) electrons. The number of hydrogen-bond acceptors (Lipinski definition) is 2. The molecule has 2 aromatic carbocycles. The van der Waals surface area contributed by atoms with Crippen molar-refractivity contribution in [3.05, 3.63) is 55.5 Å². The molecule has 1 amide bonds. The Hall–Kier alpha value is -1.13. The fourth-order valence-electron chi connectivity index (χ4n) is 2.00. The van der Waals surface area contributed by atoms with Crippen LogP contribution in [0, 0.1) is 0 Å². The van der Waals surface area contributed by atoms with Gasteiger partial charge in [0.1, 0.15) is 0 Å². The minimum Gasteiger partial charge on any atom is -0.396 e. The lowest BCUT2D eigenvalue weighted by Gasteiger charge is -2.11. The average molecular weight is 378 g/mol. The predicted octanol–water partition coefficient (Wildman–Crippen LogP) is 5.43. The van der Waals surface area contributed by atoms with E-state index in [9.17, 15) is 4.79 Å². The van der Waals surface area contributed by atoms with Gasteiger partial charge in [0.05, 0.1) is 31.5 Å². The number of nitrogens with two attached hydrogens (primary N) is 1. The normalized spacial score (nSPS) is 10.6. The minimum atomic E-state index is -0.242. The number of carbonyl (C=O) groups excluding carboxylic acids is 1. The van der Waals surface area contributed by atoms with Gasteiger partial charge in [-0.05, 0) is 41.8 Å². The van der Waals surface area contributed by atoms with Gasteiger partial charge in [-0.3, -0.25) is 4.79 Å². The molecule has 0 unspecified atom stereocenters. The van der Waals surface area contributed by atoms with Crippen molar-refractivity contribution in [3.8, 4) is 0 Å². The molecule has 3 nitrogen and oxygen atoms in total. The van der Waals surface area contributed by atoms with Gasteiger partial charge >= 0.3 is 0 Å². The highest BCUT2D eigenvalue weighted by Crippen LogP contribution is 2.34. The third-order valence-electron chi connectivity index (χ3n) is 2.95. The van der Waals surface area contributed by atoms with Crippen molar-refractivity contribution in [2.24, 2.45) is 0 Å². The lowest BCUT2D eigenvalue weighted by atomic mass is 10.0. The van der Waals surface area contributed by atoms with E-state index >= 15 is 0 Å². The Morgan fingerprint density at radius 1 is 0.955 bits per heavy atom. The highest BCUT2D eigenvalue weighted by atomic mass is 35.5. The summed E-state index contributed by atoms with van der Waals surface area (Å²) in [5.74, 6) is -0.242. The lowest BCUT2D eigenvalue weighted by Crippen LogP contribution is -2.07. The highest BCUT2D eigenvalue weighted by molar-refractivity contribution is 6.40. The first-order valence-corrected chi connectivity index (χ1v) is 7.78. The summed E-state index contributed by atoms with van der Waals surface area (Å²) in [4.78, 5) is 11.1. The summed E-state index contributed by atoms with van der Waals surface area (Å²) in [6.45, 7) is 1.39. The third kappa shape index (κ3) is 3.99. The molecule has 0 atom stereocenters. The Morgan fingerprint density at radius 3 is 1.77 bits per heavy atom. The first-order chi connectivity index (χ1) is 10.3. The first-order valence-electron chi connectivity index (χ1n) is 6.27. The van der Waals surface area contributed by atoms with Crippen LogP contribution in [0.5, 0.6) is 0 Å². The highest BCUT2D eigenvalue weighted by Gasteiger charge is 2.11. The Bertz CT molecular complexity index is 700. The van der Waals surface area contributed by atoms with E-state index in [4.69, 9.17) is 52.1 Å². The number of nitrogens with one attached hydrogen (secondary N) is 1. The third-order valence-corrected chi connectivity index (χ3v) is 4.17. The van der Waals surface area contributed by atoms with Crippen LogP contribution in [0.4, 0.5) is 11.4 Å². The van der Waals surface area contributed by atoms with E-state index in [0.717, 1.165) is 11.1 Å². The number of halogens is 4. The standard InChI is InChI=1S/C15H12Cl4N2O/c1-7(22)21-15-12(18)5-9(6-13(15)19)2-8-3-10(16)14(20)11(17)4-8/h3-6H,2,20H2,1H3,(H,21,22). The molecule has 7 heteroatoms. The summed E-state index contributed by atoms with van der Waals surface area (Å²) in [6, 6.07) is 6.95. The molecule has 0 spiro atoms. The number of hydrogen-bond donors (Lipinski definition) is 2. The second-order valence-corrected chi connectivity index (χ2v) is 6.39. The van der Waals surface area contributed by atoms with Gasteiger partial charge in [-0.15, -0.1) is 0 Å². The Morgan fingerprint density at radius 2 is 1.36 bits per heavy atom. The molecule has 2 rings (SSSR count). The number of rotatable bonds is 3. The number of anilines is 2. The zero-order valence-corrected chi connectivity index (χ0v) is 14.5. The molecular weight excluding hydrogens is 366 g/mol. The van der Waals surface area contributed by atoms with Gasteiger partial charge < -0.3 is 11.1 Å². The fourth-order valence-corrected chi connectivity index (χ4v) is 3.16. The molecule has 0 aliphatic rings. The molecular formula is C15H12Cl4N2O. The van der Waals surface area contributed by atoms with Crippen LogP contribution in [0.15, 0.2) is 24.3 Å². The molecule has 116 valence electrons. The van der Waals surface area contributed by atoms with Crippen LogP contribution in [0.3, 0.4) is 0 Å². The molecule has 2 aromatic rings. The van der Waals surface area contributed by atoms with Crippen molar-refractivity contribution in [2.45, 2.75) is 13.3 Å². The van der Waals surface area contributed by atoms with E-state index in [2.05, 4.69) is 5.32 Å². The second-order valence-electron chi connectivity index (χ2n) is 4.77. The summed E-state index contributed by atoms with van der Waals surface area (Å²) in [6.07, 6.45) is 0.527. The monoisotopic (exact) mass is 376 g/mol. The van der Waals surface area contributed by atoms with Gasteiger partial charge in [-0.2, -0.15) is 0 Å². The van der Waals surface area contributed by atoms with E-state index in [1.54, 1.807) is 24.3 Å². The maximum absolute atomic E-state index is 11.1. The summed E-state index contributed by atoms with van der Waals surface area (Å²) in [5.41, 5.74) is 8.20. The summed E-state index contributed by atoms with van der Waals surface area (Å²) in [5, 5.41) is 4.12. The number of carbonyl (C=O) groups is 1. The smallest absolute Gasteiger partial charge is 0.221 e. The topological polar surface area (TPSA) is 55.1 Å². The van der Waals surface area contributed by atoms with Gasteiger partial charge in [0, 0.05) is 6.92 Å². The Balaban J connectivity index is 2.33. The van der Waals surface area contributed by atoms with Gasteiger partial charge in [0.25, 0.3) is 0 Å². The molecule has 0 aromatic heterocycles. The summed E-state index contributed by atoms with van der Waals surface area (Å²) < 4.78 is 0. The molecule has 22 heavy (non-hydrogen) atoms. The number of benzene rings is 2. The zero-order valence-electron chi connectivity index (χ0n) is 11.5. The van der Waals surface area contributed by atoms with Gasteiger partial charge in [-0.25, -0.2) is 0 Å². The van der Waals surface area contributed by atoms with Crippen molar-refractivity contribution in [1.82, 2.24) is 0 Å². The van der Waals surface area contributed by atoms with E-state index < -0.39 is 0 Å². The molecule has 0 aliphatic heterocycles. The number of nitrogen functional groups attached to an aromatic ring is 1. The van der Waals surface area contributed by atoms with Crippen LogP contribution in [0.25, 0.3) is 0 Å². The minimum absolute atomic E-state index is 0.242. The SMILES string of the molecule is CC(=O)Nc1c(Cl)cc(Cc2cc(Cl)c(N)c(Cl)c2)cc1Cl. The van der Waals surface area contributed by atoms with Crippen molar-refractivity contribution >= 4 is 63.7 Å². The van der Waals surface area contributed by atoms with Gasteiger partial charge in [0.2, 0.25) is 5.91 Å². The first kappa shape index (κ1) is 17.2. The largest absolute Gasteiger partial charge is 0.396 e. The van der Waals surface area contributed by atoms with Crippen LogP contribution in [-0.2, 0) is 11.2 Å². The molecule has 0 saturated carbocycles. The summed E-state index contributed by atoms with van der Waals surface area (Å²) in [7, 11) is 0. The second kappa shape index (κ2) is 6.97. The predicted molar refractivity (Wildman–Crippen MR) is 94.4 cm³/mol. The molecule has 0 saturated heterocycles. The molecule has 0 heterocycles. The molecule has 0 fully saturated rings. The van der Waals surface area contributed by atoms with Crippen molar-refractivity contribution < 1.29 is 4.79 Å². The quantitative estimate of drug-likeness (QED) is 0.700. The number of amides is 1. The fraction of sp³-hybridized carbons (Fsp3) is 0.133.